The van der Waals surface area contributed by atoms with Crippen molar-refractivity contribution in [2.24, 2.45) is 5.92 Å². The quantitative estimate of drug-likeness (QED) is 0.221. The van der Waals surface area contributed by atoms with Crippen LogP contribution in [0, 0.1) is 5.92 Å². The Hall–Kier alpha value is -1.48. The van der Waals surface area contributed by atoms with Crippen molar-refractivity contribution in [3.63, 3.8) is 0 Å². The van der Waals surface area contributed by atoms with Gasteiger partial charge in [-0.05, 0) is 68.4 Å². The molecule has 0 saturated heterocycles. The highest BCUT2D eigenvalue weighted by molar-refractivity contribution is 5.98. The Morgan fingerprint density at radius 2 is 2.00 bits per heavy atom. The summed E-state index contributed by atoms with van der Waals surface area (Å²) in [6.45, 7) is 2.18. The summed E-state index contributed by atoms with van der Waals surface area (Å²) in [5.74, 6) is 0.698. The molecule has 0 aromatic carbocycles. The van der Waals surface area contributed by atoms with Crippen molar-refractivity contribution in [3.05, 3.63) is 34.9 Å². The van der Waals surface area contributed by atoms with E-state index in [0.717, 1.165) is 69.6 Å². The number of aldehydes is 1. The van der Waals surface area contributed by atoms with Gasteiger partial charge >= 0.3 is 0 Å². The molecular formula is C24H36O3. The highest BCUT2D eigenvalue weighted by atomic mass is 16.3. The van der Waals surface area contributed by atoms with Crippen molar-refractivity contribution in [1.82, 2.24) is 0 Å². The maximum atomic E-state index is 12.5. The molecule has 0 bridgehead atoms. The van der Waals surface area contributed by atoms with E-state index in [1.54, 1.807) is 0 Å². The van der Waals surface area contributed by atoms with Crippen LogP contribution in [0.25, 0.3) is 0 Å². The van der Waals surface area contributed by atoms with Gasteiger partial charge in [-0.3, -0.25) is 4.79 Å². The van der Waals surface area contributed by atoms with Crippen LogP contribution in [0.3, 0.4) is 0 Å². The fourth-order valence-corrected chi connectivity index (χ4v) is 4.30. The number of carbonyl (C=O) groups is 2. The lowest BCUT2D eigenvalue weighted by Gasteiger charge is -2.23. The number of hydrogen-bond donors (Lipinski definition) is 1. The Balaban J connectivity index is 1.92. The zero-order valence-corrected chi connectivity index (χ0v) is 16.9. The Morgan fingerprint density at radius 1 is 1.15 bits per heavy atom. The molecule has 0 aromatic rings. The minimum Gasteiger partial charge on any atom is -0.389 e. The minimum absolute atomic E-state index is 0.299. The van der Waals surface area contributed by atoms with Gasteiger partial charge in [0.1, 0.15) is 6.29 Å². The van der Waals surface area contributed by atoms with Crippen LogP contribution in [-0.2, 0) is 9.59 Å². The molecule has 0 spiro atoms. The maximum absolute atomic E-state index is 12.5. The van der Waals surface area contributed by atoms with Gasteiger partial charge in [0.2, 0.25) is 0 Å². The first-order valence-electron chi connectivity index (χ1n) is 10.9. The summed E-state index contributed by atoms with van der Waals surface area (Å²) >= 11 is 0. The Bertz CT molecular complexity index is 582. The smallest absolute Gasteiger partial charge is 0.159 e. The molecule has 0 heterocycles. The molecule has 3 heteroatoms. The van der Waals surface area contributed by atoms with Crippen molar-refractivity contribution in [1.29, 1.82) is 0 Å². The van der Waals surface area contributed by atoms with Gasteiger partial charge in [-0.1, -0.05) is 50.0 Å². The lowest BCUT2D eigenvalue weighted by atomic mass is 9.84. The minimum atomic E-state index is -0.299. The van der Waals surface area contributed by atoms with Crippen molar-refractivity contribution >= 4 is 12.1 Å². The van der Waals surface area contributed by atoms with Crippen LogP contribution < -0.4 is 0 Å². The number of carbonyl (C=O) groups excluding carboxylic acids is 2. The summed E-state index contributed by atoms with van der Waals surface area (Å²) in [5, 5.41) is 10.4. The second-order valence-electron chi connectivity index (χ2n) is 7.98. The van der Waals surface area contributed by atoms with Gasteiger partial charge in [-0.15, -0.1) is 0 Å². The van der Waals surface area contributed by atoms with Gasteiger partial charge in [0.25, 0.3) is 0 Å². The highest BCUT2D eigenvalue weighted by Crippen LogP contribution is 2.38. The van der Waals surface area contributed by atoms with E-state index in [9.17, 15) is 14.7 Å². The molecule has 2 unspecified atom stereocenters. The second-order valence-corrected chi connectivity index (χ2v) is 7.98. The lowest BCUT2D eigenvalue weighted by molar-refractivity contribution is -0.114. The molecule has 1 saturated carbocycles. The van der Waals surface area contributed by atoms with E-state index in [0.29, 0.717) is 24.5 Å². The number of hydrogen-bond acceptors (Lipinski definition) is 3. The first kappa shape index (κ1) is 21.8. The average molecular weight is 373 g/mol. The van der Waals surface area contributed by atoms with Gasteiger partial charge in [-0.2, -0.15) is 0 Å². The van der Waals surface area contributed by atoms with Crippen molar-refractivity contribution in [2.75, 3.05) is 0 Å². The van der Waals surface area contributed by atoms with Gasteiger partial charge < -0.3 is 9.90 Å². The SMILES string of the molecule is CCCCCC(O)C1=CC/C(=C2\C(=O)CCC2CC=CCCCC=O)CC1. The van der Waals surface area contributed by atoms with Crippen LogP contribution in [0.1, 0.15) is 90.4 Å². The third kappa shape index (κ3) is 6.88. The number of ketones is 1. The largest absolute Gasteiger partial charge is 0.389 e. The van der Waals surface area contributed by atoms with E-state index in [4.69, 9.17) is 0 Å². The fourth-order valence-electron chi connectivity index (χ4n) is 4.30. The molecule has 0 aromatic heterocycles. The monoisotopic (exact) mass is 372 g/mol. The number of allylic oxidation sites excluding steroid dienone is 5. The molecule has 150 valence electrons. The molecule has 27 heavy (non-hydrogen) atoms. The second kappa shape index (κ2) is 12.1. The Labute approximate surface area is 164 Å². The molecule has 0 aliphatic heterocycles. The predicted octanol–water partition coefficient (Wildman–Crippen LogP) is 5.63. The van der Waals surface area contributed by atoms with Crippen LogP contribution in [0.2, 0.25) is 0 Å². The van der Waals surface area contributed by atoms with Gasteiger partial charge in [0.05, 0.1) is 6.10 Å². The first-order valence-corrected chi connectivity index (χ1v) is 10.9. The Morgan fingerprint density at radius 3 is 2.70 bits per heavy atom. The molecule has 3 nitrogen and oxygen atoms in total. The number of unbranched alkanes of at least 4 members (excludes halogenated alkanes) is 4. The summed E-state index contributed by atoms with van der Waals surface area (Å²) in [4.78, 5) is 22.8. The predicted molar refractivity (Wildman–Crippen MR) is 111 cm³/mol. The summed E-state index contributed by atoms with van der Waals surface area (Å²) in [6.07, 6.45) is 19.2. The van der Waals surface area contributed by atoms with E-state index in [2.05, 4.69) is 25.2 Å². The van der Waals surface area contributed by atoms with Crippen LogP contribution in [0.15, 0.2) is 34.9 Å². The first-order chi connectivity index (χ1) is 13.2. The third-order valence-corrected chi connectivity index (χ3v) is 5.92. The zero-order valence-electron chi connectivity index (χ0n) is 16.9. The summed E-state index contributed by atoms with van der Waals surface area (Å²) < 4.78 is 0. The molecule has 2 aliphatic carbocycles. The van der Waals surface area contributed by atoms with Crippen LogP contribution in [0.4, 0.5) is 0 Å². The fraction of sp³-hybridized carbons (Fsp3) is 0.667. The molecule has 0 radical (unpaired) electrons. The molecular weight excluding hydrogens is 336 g/mol. The van der Waals surface area contributed by atoms with Crippen LogP contribution in [-0.4, -0.2) is 23.3 Å². The molecule has 1 fully saturated rings. The van der Waals surface area contributed by atoms with E-state index >= 15 is 0 Å². The van der Waals surface area contributed by atoms with Crippen molar-refractivity contribution in [2.45, 2.75) is 96.5 Å². The highest BCUT2D eigenvalue weighted by Gasteiger charge is 2.31. The van der Waals surface area contributed by atoms with E-state index in [1.807, 2.05) is 0 Å². The lowest BCUT2D eigenvalue weighted by Crippen LogP contribution is -2.15. The number of aliphatic hydroxyl groups is 1. The Kier molecular flexibility index (Phi) is 9.75. The molecule has 1 N–H and O–H groups in total. The summed E-state index contributed by atoms with van der Waals surface area (Å²) in [5.41, 5.74) is 3.57. The normalized spacial score (nSPS) is 24.4. The third-order valence-electron chi connectivity index (χ3n) is 5.92. The molecule has 0 amide bonds. The van der Waals surface area contributed by atoms with Gasteiger partial charge in [-0.25, -0.2) is 0 Å². The van der Waals surface area contributed by atoms with Gasteiger partial charge in [0.15, 0.2) is 5.78 Å². The van der Waals surface area contributed by atoms with Crippen molar-refractivity contribution < 1.29 is 14.7 Å². The summed E-state index contributed by atoms with van der Waals surface area (Å²) in [6, 6.07) is 0. The van der Waals surface area contributed by atoms with Crippen LogP contribution >= 0.6 is 0 Å². The van der Waals surface area contributed by atoms with E-state index in [-0.39, 0.29) is 6.10 Å². The number of rotatable bonds is 11. The van der Waals surface area contributed by atoms with Crippen LogP contribution in [0.5, 0.6) is 0 Å². The maximum Gasteiger partial charge on any atom is 0.159 e. The molecule has 2 aliphatic rings. The number of aliphatic hydroxyl groups excluding tert-OH is 1. The topological polar surface area (TPSA) is 54.4 Å². The average Bonchev–Trinajstić information content (AvgIpc) is 3.05. The van der Waals surface area contributed by atoms with Gasteiger partial charge in [0, 0.05) is 12.8 Å². The number of Topliss-reactive ketones (excluding diaryl/α,β-unsaturated/α-hetero) is 1. The van der Waals surface area contributed by atoms with E-state index < -0.39 is 0 Å². The van der Waals surface area contributed by atoms with Crippen molar-refractivity contribution in [3.8, 4) is 0 Å². The molecule has 2 atom stereocenters. The standard InChI is InChI=1S/C24H36O3/c1-2-3-7-11-22(26)19-12-14-21(15-13-19)24-20(16-17-23(24)27)10-8-5-4-6-9-18-25/h5,8,12,18,20,22,26H,2-4,6-7,9-11,13-17H2,1H3/b8-5?,24-21+. The zero-order chi connectivity index (χ0) is 19.5. The summed E-state index contributed by atoms with van der Waals surface area (Å²) in [7, 11) is 0. The van der Waals surface area contributed by atoms with E-state index in [1.165, 1.54) is 24.0 Å². The molecule has 2 rings (SSSR count).